The van der Waals surface area contributed by atoms with Gasteiger partial charge < -0.3 is 19.7 Å². The summed E-state index contributed by atoms with van der Waals surface area (Å²) >= 11 is 1.62. The third-order valence-corrected chi connectivity index (χ3v) is 5.01. The Morgan fingerprint density at radius 1 is 1.03 bits per heavy atom. The molecule has 0 spiro atoms. The van der Waals surface area contributed by atoms with E-state index >= 15 is 0 Å². The van der Waals surface area contributed by atoms with Gasteiger partial charge in [-0.05, 0) is 47.8 Å². The highest BCUT2D eigenvalue weighted by Crippen LogP contribution is 2.18. The van der Waals surface area contributed by atoms with Crippen LogP contribution < -0.4 is 14.8 Å². The molecule has 0 aliphatic carbocycles. The number of nitrogens with one attached hydrogen (secondary N) is 1. The molecule has 7 heteroatoms. The van der Waals surface area contributed by atoms with E-state index in [0.29, 0.717) is 29.3 Å². The molecule has 0 aliphatic heterocycles. The maximum atomic E-state index is 12.5. The third-order valence-electron chi connectivity index (χ3n) is 4.14. The van der Waals surface area contributed by atoms with Crippen molar-refractivity contribution < 1.29 is 19.1 Å². The maximum absolute atomic E-state index is 12.5. The van der Waals surface area contributed by atoms with E-state index in [1.165, 1.54) is 0 Å². The quantitative estimate of drug-likeness (QED) is 0.608. The molecule has 1 heterocycles. The van der Waals surface area contributed by atoms with Crippen molar-refractivity contribution in [3.63, 3.8) is 0 Å². The number of amides is 2. The van der Waals surface area contributed by atoms with Gasteiger partial charge in [0.25, 0.3) is 11.8 Å². The Kier molecular flexibility index (Phi) is 6.86. The van der Waals surface area contributed by atoms with Crippen molar-refractivity contribution in [2.45, 2.75) is 6.54 Å². The number of methoxy groups -OCH3 is 1. The molecule has 2 amide bonds. The smallest absolute Gasteiger partial charge is 0.262 e. The van der Waals surface area contributed by atoms with Crippen molar-refractivity contribution in [1.29, 1.82) is 0 Å². The molecule has 6 nitrogen and oxygen atoms in total. The summed E-state index contributed by atoms with van der Waals surface area (Å²) in [4.78, 5) is 27.4. The number of hydrogen-bond acceptors (Lipinski definition) is 5. The minimum atomic E-state index is -0.283. The first-order valence-electron chi connectivity index (χ1n) is 9.00. The van der Waals surface area contributed by atoms with Crippen molar-refractivity contribution in [3.8, 4) is 11.5 Å². The van der Waals surface area contributed by atoms with Crippen LogP contribution in [-0.4, -0.2) is 37.5 Å². The Hall–Kier alpha value is -3.32. The molecule has 2 aromatic carbocycles. The number of carbonyl (C=O) groups excluding carboxylic acids is 2. The van der Waals surface area contributed by atoms with Crippen LogP contribution in [-0.2, 0) is 11.3 Å². The predicted octanol–water partition coefficient (Wildman–Crippen LogP) is 4.05. The molecule has 0 bridgehead atoms. The largest absolute Gasteiger partial charge is 0.497 e. The zero-order valence-electron chi connectivity index (χ0n) is 16.3. The number of anilines is 1. The maximum Gasteiger partial charge on any atom is 0.262 e. The normalized spacial score (nSPS) is 10.3. The van der Waals surface area contributed by atoms with Crippen LogP contribution in [0.5, 0.6) is 11.5 Å². The van der Waals surface area contributed by atoms with Gasteiger partial charge in [0.05, 0.1) is 13.7 Å². The van der Waals surface area contributed by atoms with Gasteiger partial charge in [0.1, 0.15) is 11.5 Å². The molecule has 0 aliphatic rings. The molecule has 1 N–H and O–H groups in total. The highest BCUT2D eigenvalue weighted by Gasteiger charge is 2.13. The van der Waals surface area contributed by atoms with E-state index in [-0.39, 0.29) is 18.4 Å². The Bertz CT molecular complexity index is 955. The fraction of sp³-hybridized carbons (Fsp3) is 0.182. The lowest BCUT2D eigenvalue weighted by Crippen LogP contribution is -2.25. The van der Waals surface area contributed by atoms with Crippen LogP contribution in [0, 0.1) is 0 Å². The fourth-order valence-corrected chi connectivity index (χ4v) is 3.43. The van der Waals surface area contributed by atoms with Crippen LogP contribution in [0.25, 0.3) is 0 Å². The lowest BCUT2D eigenvalue weighted by molar-refractivity contribution is -0.118. The number of ether oxygens (including phenoxy) is 2. The highest BCUT2D eigenvalue weighted by molar-refractivity contribution is 7.09. The van der Waals surface area contributed by atoms with Crippen molar-refractivity contribution in [3.05, 3.63) is 76.5 Å². The summed E-state index contributed by atoms with van der Waals surface area (Å²) in [6.45, 7) is 0.433. The molecule has 0 fully saturated rings. The molecule has 0 radical (unpaired) electrons. The monoisotopic (exact) mass is 410 g/mol. The Balaban J connectivity index is 1.50. The van der Waals surface area contributed by atoms with Crippen LogP contribution in [0.4, 0.5) is 5.69 Å². The SMILES string of the molecule is COc1cccc(NC(=O)COc2ccc(C(=O)N(C)Cc3cccs3)cc2)c1. The standard InChI is InChI=1S/C22H22N2O4S/c1-24(14-20-7-4-12-29-20)22(26)16-8-10-18(11-9-16)28-15-21(25)23-17-5-3-6-19(13-17)27-2/h3-13H,14-15H2,1-2H3,(H,23,25). The van der Waals surface area contributed by atoms with Crippen LogP contribution in [0.2, 0.25) is 0 Å². The van der Waals surface area contributed by atoms with Crippen molar-refractivity contribution in [2.75, 3.05) is 26.1 Å². The van der Waals surface area contributed by atoms with Gasteiger partial charge in [-0.2, -0.15) is 0 Å². The van der Waals surface area contributed by atoms with E-state index in [1.54, 1.807) is 78.9 Å². The summed E-state index contributed by atoms with van der Waals surface area (Å²) in [5, 5.41) is 4.74. The molecule has 29 heavy (non-hydrogen) atoms. The number of hydrogen-bond donors (Lipinski definition) is 1. The summed E-state index contributed by atoms with van der Waals surface area (Å²) in [6, 6.07) is 17.8. The molecule has 0 unspecified atom stereocenters. The zero-order valence-corrected chi connectivity index (χ0v) is 17.1. The first-order chi connectivity index (χ1) is 14.0. The van der Waals surface area contributed by atoms with Crippen molar-refractivity contribution >= 4 is 28.8 Å². The zero-order chi connectivity index (χ0) is 20.6. The van der Waals surface area contributed by atoms with Crippen LogP contribution >= 0.6 is 11.3 Å². The van der Waals surface area contributed by atoms with E-state index in [4.69, 9.17) is 9.47 Å². The molecule has 0 saturated carbocycles. The number of nitrogens with zero attached hydrogens (tertiary/aromatic N) is 1. The van der Waals surface area contributed by atoms with Crippen molar-refractivity contribution in [2.24, 2.45) is 0 Å². The third kappa shape index (κ3) is 5.83. The summed E-state index contributed by atoms with van der Waals surface area (Å²) in [5.74, 6) is 0.825. The number of carbonyl (C=O) groups is 2. The number of rotatable bonds is 8. The topological polar surface area (TPSA) is 67.9 Å². The van der Waals surface area contributed by atoms with E-state index < -0.39 is 0 Å². The minimum Gasteiger partial charge on any atom is -0.497 e. The summed E-state index contributed by atoms with van der Waals surface area (Å²) < 4.78 is 10.6. The Morgan fingerprint density at radius 2 is 1.83 bits per heavy atom. The molecule has 150 valence electrons. The minimum absolute atomic E-state index is 0.0688. The second-order valence-electron chi connectivity index (χ2n) is 6.33. The summed E-state index contributed by atoms with van der Waals surface area (Å²) in [5.41, 5.74) is 1.20. The molecule has 3 rings (SSSR count). The second-order valence-corrected chi connectivity index (χ2v) is 7.37. The van der Waals surface area contributed by atoms with Gasteiger partial charge in [-0.15, -0.1) is 11.3 Å². The molecule has 3 aromatic rings. The van der Waals surface area contributed by atoms with Crippen molar-refractivity contribution in [1.82, 2.24) is 4.90 Å². The van der Waals surface area contributed by atoms with Crippen LogP contribution in [0.15, 0.2) is 66.0 Å². The average Bonchev–Trinajstić information content (AvgIpc) is 3.25. The Labute approximate surface area is 173 Å². The fourth-order valence-electron chi connectivity index (χ4n) is 2.67. The van der Waals surface area contributed by atoms with E-state index in [9.17, 15) is 9.59 Å². The summed E-state index contributed by atoms with van der Waals surface area (Å²) in [7, 11) is 3.34. The lowest BCUT2D eigenvalue weighted by Gasteiger charge is -2.16. The van der Waals surface area contributed by atoms with Gasteiger partial charge in [0, 0.05) is 29.2 Å². The summed E-state index contributed by atoms with van der Waals surface area (Å²) in [6.07, 6.45) is 0. The number of benzene rings is 2. The molecule has 1 aromatic heterocycles. The lowest BCUT2D eigenvalue weighted by atomic mass is 10.2. The van der Waals surface area contributed by atoms with E-state index in [0.717, 1.165) is 4.88 Å². The Morgan fingerprint density at radius 3 is 2.52 bits per heavy atom. The molecular weight excluding hydrogens is 388 g/mol. The van der Waals surface area contributed by atoms with Crippen LogP contribution in [0.1, 0.15) is 15.2 Å². The number of thiophene rings is 1. The predicted molar refractivity (Wildman–Crippen MR) is 114 cm³/mol. The van der Waals surface area contributed by atoms with Crippen LogP contribution in [0.3, 0.4) is 0 Å². The van der Waals surface area contributed by atoms with E-state index in [1.807, 2.05) is 17.5 Å². The molecule has 0 saturated heterocycles. The van der Waals surface area contributed by atoms with Gasteiger partial charge in [0.15, 0.2) is 6.61 Å². The molecule has 0 atom stereocenters. The van der Waals surface area contributed by atoms with Gasteiger partial charge in [-0.25, -0.2) is 0 Å². The molecular formula is C22H22N2O4S. The van der Waals surface area contributed by atoms with Gasteiger partial charge in [0.2, 0.25) is 0 Å². The van der Waals surface area contributed by atoms with E-state index in [2.05, 4.69) is 5.32 Å². The second kappa shape index (κ2) is 9.75. The first-order valence-corrected chi connectivity index (χ1v) is 9.88. The average molecular weight is 410 g/mol. The highest BCUT2D eigenvalue weighted by atomic mass is 32.1. The van der Waals surface area contributed by atoms with Gasteiger partial charge >= 0.3 is 0 Å². The van der Waals surface area contributed by atoms with Gasteiger partial charge in [-0.1, -0.05) is 12.1 Å². The first kappa shape index (κ1) is 20.4. The van der Waals surface area contributed by atoms with Gasteiger partial charge in [-0.3, -0.25) is 9.59 Å².